The van der Waals surface area contributed by atoms with E-state index in [-0.39, 0.29) is 16.2 Å². The quantitative estimate of drug-likeness (QED) is 0.102. The summed E-state index contributed by atoms with van der Waals surface area (Å²) in [6.07, 6.45) is 5.49. The van der Waals surface area contributed by atoms with Crippen LogP contribution in [0.1, 0.15) is 95.7 Å². The van der Waals surface area contributed by atoms with Crippen LogP contribution in [0.4, 0.5) is 0 Å². The lowest BCUT2D eigenvalue weighted by atomic mass is 9.86. The summed E-state index contributed by atoms with van der Waals surface area (Å²) in [6, 6.07) is 84.3. The molecule has 0 aliphatic rings. The second-order valence-electron chi connectivity index (χ2n) is 27.0. The first-order valence-electron chi connectivity index (χ1n) is 32.6. The van der Waals surface area contributed by atoms with Crippen LogP contribution < -0.4 is 0 Å². The highest BCUT2D eigenvalue weighted by Gasteiger charge is 2.22. The van der Waals surface area contributed by atoms with Crippen LogP contribution in [0.15, 0.2) is 282 Å². The van der Waals surface area contributed by atoms with Crippen molar-refractivity contribution in [1.82, 2.24) is 45.4 Å². The first-order chi connectivity index (χ1) is 47.3. The lowest BCUT2D eigenvalue weighted by Crippen LogP contribution is -2.10. The molecule has 0 radical (unpaired) electrons. The van der Waals surface area contributed by atoms with E-state index in [9.17, 15) is 0 Å². The van der Waals surface area contributed by atoms with Gasteiger partial charge in [-0.3, -0.25) is 4.57 Å². The van der Waals surface area contributed by atoms with E-state index in [1.165, 1.54) is 22.3 Å². The fraction of sp³-hybridized carbons (Fsp3) is 0.140. The maximum Gasteiger partial charge on any atom is 0.248 e. The van der Waals surface area contributed by atoms with Gasteiger partial charge in [-0.1, -0.05) is 270 Å². The van der Waals surface area contributed by atoms with Gasteiger partial charge >= 0.3 is 0 Å². The zero-order chi connectivity index (χ0) is 68.6. The fourth-order valence-corrected chi connectivity index (χ4v) is 11.0. The van der Waals surface area contributed by atoms with Gasteiger partial charge in [0.2, 0.25) is 35.3 Å². The van der Waals surface area contributed by atoms with Crippen LogP contribution in [0.2, 0.25) is 0 Å². The minimum Gasteiger partial charge on any atom is -0.416 e. The Labute approximate surface area is 573 Å². The van der Waals surface area contributed by atoms with Crippen molar-refractivity contribution in [2.24, 2.45) is 0 Å². The molecule has 14 rings (SSSR count). The Kier molecular flexibility index (Phi) is 19.2. The number of aromatic nitrogens is 9. The van der Waals surface area contributed by atoms with Gasteiger partial charge in [0.1, 0.15) is 0 Å². The molecule has 0 aliphatic carbocycles. The maximum absolute atomic E-state index is 5.97. The average molecular weight is 1280 g/mol. The van der Waals surface area contributed by atoms with Crippen molar-refractivity contribution in [1.29, 1.82) is 0 Å². The normalized spacial score (nSPS) is 11.4. The standard InChI is InChI=1S/C32H29N3.C28H24N4O2.C26H24N2O/c1-5-23-11-13-24(14-12-23)25-15-17-26(18-16-25)30-33-34-31(35(30)29-9-7-6-8-10-29)27-19-21-28(22-20-27)32(2,3)4;1-5-18-9-11-19(12-10-18)24-29-31-26(33-24)21-7-6-8-22(17-21)27-32-30-25(34-27)20-13-15-23(16-14-20)28(2,3)4;1-5-18-6-8-19(9-7-18)20-10-12-21(13-11-20)24-27-28-25(29-24)22-14-16-23(17-15-22)26(2,3)4/h5-22H,1H2,2-4H3;5-17H,1H2,2-4H3;5-17H,1H2,2-4H3. The van der Waals surface area contributed by atoms with E-state index >= 15 is 0 Å². The van der Waals surface area contributed by atoms with Gasteiger partial charge in [-0.25, -0.2) is 0 Å². The third-order valence-corrected chi connectivity index (χ3v) is 16.9. The van der Waals surface area contributed by atoms with Crippen LogP contribution in [0, 0.1) is 0 Å². The van der Waals surface area contributed by atoms with Crippen LogP contribution in [0.3, 0.4) is 0 Å². The maximum atomic E-state index is 5.97. The minimum absolute atomic E-state index is 0.0859. The summed E-state index contributed by atoms with van der Waals surface area (Å²) >= 11 is 0. The predicted octanol–water partition coefficient (Wildman–Crippen LogP) is 22.3. The monoisotopic (exact) mass is 1280 g/mol. The van der Waals surface area contributed by atoms with Crippen LogP contribution >= 0.6 is 0 Å². The van der Waals surface area contributed by atoms with Crippen molar-refractivity contribution in [3.05, 3.63) is 302 Å². The molecule has 10 aromatic carbocycles. The highest BCUT2D eigenvalue weighted by Crippen LogP contribution is 2.36. The highest BCUT2D eigenvalue weighted by molar-refractivity contribution is 5.74. The van der Waals surface area contributed by atoms with Crippen LogP contribution in [-0.4, -0.2) is 45.4 Å². The van der Waals surface area contributed by atoms with Crippen LogP contribution in [0.5, 0.6) is 0 Å². The largest absolute Gasteiger partial charge is 0.416 e. The Morgan fingerprint density at radius 1 is 0.255 bits per heavy atom. The second kappa shape index (κ2) is 28.5. The summed E-state index contributed by atoms with van der Waals surface area (Å²) in [6.45, 7) is 31.2. The van der Waals surface area contributed by atoms with Gasteiger partial charge in [-0.05, 0) is 151 Å². The van der Waals surface area contributed by atoms with E-state index in [1.54, 1.807) is 6.08 Å². The Morgan fingerprint density at radius 3 is 0.796 bits per heavy atom. The summed E-state index contributed by atoms with van der Waals surface area (Å²) in [7, 11) is 0. The molecule has 4 heterocycles. The summed E-state index contributed by atoms with van der Waals surface area (Å²) in [4.78, 5) is 0. The SMILES string of the molecule is C=Cc1ccc(-c2ccc(-c3nnc(-c4ccc(C(C)(C)C)cc4)n3-c3ccccc3)cc2)cc1.C=Cc1ccc(-c2ccc(-c3nnc(-c4ccc(C(C)(C)C)cc4)o3)cc2)cc1.C=Cc1ccc(-c2nnc(-c3cccc(-c4nnc(-c5ccc(C(C)(C)C)cc5)o4)c3)o2)cc1. The molecule has 0 fully saturated rings. The molecule has 0 bridgehead atoms. The fourth-order valence-electron chi connectivity index (χ4n) is 11.0. The first kappa shape index (κ1) is 66.0. The van der Waals surface area contributed by atoms with Gasteiger partial charge in [0.05, 0.1) is 0 Å². The van der Waals surface area contributed by atoms with Gasteiger partial charge in [-0.15, -0.1) is 40.8 Å². The van der Waals surface area contributed by atoms with Crippen LogP contribution in [0.25, 0.3) is 138 Å². The smallest absolute Gasteiger partial charge is 0.248 e. The van der Waals surface area contributed by atoms with E-state index in [4.69, 9.17) is 13.3 Å². The van der Waals surface area contributed by atoms with Crippen molar-refractivity contribution in [3.8, 4) is 119 Å². The second-order valence-corrected chi connectivity index (χ2v) is 27.0. The zero-order valence-electron chi connectivity index (χ0n) is 56.8. The number of benzene rings is 10. The van der Waals surface area contributed by atoms with Crippen molar-refractivity contribution in [3.63, 3.8) is 0 Å². The van der Waals surface area contributed by atoms with E-state index in [1.807, 2.05) is 115 Å². The number of hydrogen-bond acceptors (Lipinski definition) is 11. The molecule has 4 aromatic heterocycles. The summed E-state index contributed by atoms with van der Waals surface area (Å²) in [5.74, 6) is 4.48. The predicted molar refractivity (Wildman–Crippen MR) is 399 cm³/mol. The van der Waals surface area contributed by atoms with Gasteiger partial charge < -0.3 is 13.3 Å². The van der Waals surface area contributed by atoms with Crippen molar-refractivity contribution in [2.45, 2.75) is 78.6 Å². The number of nitrogens with zero attached hydrogens (tertiary/aromatic N) is 9. The summed E-state index contributed by atoms with van der Waals surface area (Å²) in [5, 5.41) is 34.6. The van der Waals surface area contributed by atoms with Gasteiger partial charge in [0.25, 0.3) is 0 Å². The topological polar surface area (TPSA) is 147 Å². The molecule has 0 unspecified atom stereocenters. The van der Waals surface area contributed by atoms with E-state index in [0.717, 1.165) is 95.2 Å². The third kappa shape index (κ3) is 15.4. The highest BCUT2D eigenvalue weighted by atomic mass is 16.4. The molecule has 12 heteroatoms. The van der Waals surface area contributed by atoms with Crippen molar-refractivity contribution in [2.75, 3.05) is 0 Å². The van der Waals surface area contributed by atoms with E-state index < -0.39 is 0 Å². The van der Waals surface area contributed by atoms with E-state index in [2.05, 4.69) is 273 Å². The van der Waals surface area contributed by atoms with Crippen molar-refractivity contribution < 1.29 is 13.3 Å². The van der Waals surface area contributed by atoms with Gasteiger partial charge in [0, 0.05) is 50.2 Å². The number of hydrogen-bond donors (Lipinski definition) is 0. The van der Waals surface area contributed by atoms with Crippen molar-refractivity contribution >= 4 is 18.2 Å². The molecule has 98 heavy (non-hydrogen) atoms. The molecule has 0 atom stereocenters. The van der Waals surface area contributed by atoms with Gasteiger partial charge in [-0.2, -0.15) is 0 Å². The average Bonchev–Trinajstić information content (AvgIpc) is 1.62. The number of rotatable bonds is 14. The Morgan fingerprint density at radius 2 is 0.500 bits per heavy atom. The molecule has 0 amide bonds. The molecule has 12 nitrogen and oxygen atoms in total. The van der Waals surface area contributed by atoms with Crippen LogP contribution in [-0.2, 0) is 16.2 Å². The molecule has 0 spiro atoms. The first-order valence-corrected chi connectivity index (χ1v) is 32.6. The van der Waals surface area contributed by atoms with Gasteiger partial charge in [0.15, 0.2) is 11.6 Å². The number of para-hydroxylation sites is 1. The zero-order valence-corrected chi connectivity index (χ0v) is 56.8. The van der Waals surface area contributed by atoms with E-state index in [0.29, 0.717) is 35.3 Å². The Bertz CT molecular complexity index is 5000. The summed E-state index contributed by atoms with van der Waals surface area (Å²) in [5.41, 5.74) is 20.2. The molecule has 0 saturated heterocycles. The molecule has 0 saturated carbocycles. The minimum atomic E-state index is 0.0859. The molecular weight excluding hydrogens is 1210 g/mol. The molecule has 14 aromatic rings. The molecule has 0 aliphatic heterocycles. The molecule has 0 N–H and O–H groups in total. The molecule has 484 valence electrons. The lowest BCUT2D eigenvalue weighted by molar-refractivity contribution is 0.581. The Hall–Kier alpha value is -12.0. The Balaban J connectivity index is 0.000000141. The summed E-state index contributed by atoms with van der Waals surface area (Å²) < 4.78 is 20.0. The third-order valence-electron chi connectivity index (χ3n) is 16.9. The molecular formula is C86H77N9O3. The lowest BCUT2D eigenvalue weighted by Gasteiger charge is -2.19.